The van der Waals surface area contributed by atoms with Crippen molar-refractivity contribution < 1.29 is 13.2 Å². The highest BCUT2D eigenvalue weighted by atomic mass is 19.4. The second kappa shape index (κ2) is 3.62. The van der Waals surface area contributed by atoms with E-state index in [-0.39, 0.29) is 5.69 Å². The lowest BCUT2D eigenvalue weighted by Crippen LogP contribution is -2.10. The summed E-state index contributed by atoms with van der Waals surface area (Å²) in [5.41, 5.74) is -0.0976. The largest absolute Gasteiger partial charge is 0.418 e. The van der Waals surface area contributed by atoms with Crippen LogP contribution in [0.15, 0.2) is 30.9 Å². The Morgan fingerprint density at radius 1 is 1.12 bits per heavy atom. The number of halogens is 3. The van der Waals surface area contributed by atoms with Crippen LogP contribution in [0.5, 0.6) is 0 Å². The van der Waals surface area contributed by atoms with Gasteiger partial charge in [-0.2, -0.15) is 13.2 Å². The lowest BCUT2D eigenvalue weighted by Gasteiger charge is -2.13. The van der Waals surface area contributed by atoms with Crippen molar-refractivity contribution >= 4 is 0 Å². The molecule has 0 saturated heterocycles. The van der Waals surface area contributed by atoms with E-state index in [1.54, 1.807) is 13.0 Å². The van der Waals surface area contributed by atoms with Crippen molar-refractivity contribution in [2.45, 2.75) is 13.1 Å². The maximum atomic E-state index is 12.8. The van der Waals surface area contributed by atoms with Gasteiger partial charge in [0.15, 0.2) is 0 Å². The van der Waals surface area contributed by atoms with E-state index >= 15 is 0 Å². The van der Waals surface area contributed by atoms with Gasteiger partial charge in [0, 0.05) is 0 Å². The molecule has 16 heavy (non-hydrogen) atoms. The molecule has 1 aromatic carbocycles. The van der Waals surface area contributed by atoms with Gasteiger partial charge in [-0.3, -0.25) is 4.57 Å². The first-order chi connectivity index (χ1) is 7.48. The van der Waals surface area contributed by atoms with Crippen molar-refractivity contribution in [1.29, 1.82) is 0 Å². The number of benzene rings is 1. The van der Waals surface area contributed by atoms with Crippen LogP contribution in [0.4, 0.5) is 13.2 Å². The van der Waals surface area contributed by atoms with Crippen molar-refractivity contribution in [3.8, 4) is 5.69 Å². The van der Waals surface area contributed by atoms with Crippen molar-refractivity contribution in [2.75, 3.05) is 0 Å². The molecule has 0 unspecified atom stereocenters. The molecule has 0 fully saturated rings. The van der Waals surface area contributed by atoms with Gasteiger partial charge in [0.05, 0.1) is 11.3 Å². The predicted octanol–water partition coefficient (Wildman–Crippen LogP) is 2.59. The minimum Gasteiger partial charge on any atom is -0.288 e. The van der Waals surface area contributed by atoms with E-state index in [0.717, 1.165) is 6.07 Å². The number of rotatable bonds is 1. The highest BCUT2D eigenvalue weighted by Gasteiger charge is 2.34. The second-order valence-electron chi connectivity index (χ2n) is 3.39. The molecule has 0 bridgehead atoms. The van der Waals surface area contributed by atoms with Crippen molar-refractivity contribution in [3.63, 3.8) is 0 Å². The average Bonchev–Trinajstić information content (AvgIpc) is 2.69. The third-order valence-corrected chi connectivity index (χ3v) is 2.15. The Balaban J connectivity index is 2.62. The van der Waals surface area contributed by atoms with Gasteiger partial charge in [-0.1, -0.05) is 11.6 Å². The third-order valence-electron chi connectivity index (χ3n) is 2.15. The van der Waals surface area contributed by atoms with E-state index in [1.165, 1.54) is 23.3 Å². The number of aromatic nitrogens is 3. The standard InChI is InChI=1S/C10H8F3N3/c1-7-2-3-9(16-5-14-15-6-16)8(4-7)10(11,12)13/h2-6H,1H3. The molecule has 1 heterocycles. The Morgan fingerprint density at radius 3 is 2.31 bits per heavy atom. The van der Waals surface area contributed by atoms with Gasteiger partial charge >= 0.3 is 6.18 Å². The normalized spacial score (nSPS) is 11.8. The summed E-state index contributed by atoms with van der Waals surface area (Å²) in [6, 6.07) is 4.13. The van der Waals surface area contributed by atoms with E-state index < -0.39 is 11.7 Å². The van der Waals surface area contributed by atoms with Crippen LogP contribution in [0.25, 0.3) is 5.69 Å². The van der Waals surface area contributed by atoms with Gasteiger partial charge in [0.2, 0.25) is 0 Å². The summed E-state index contributed by atoms with van der Waals surface area (Å²) < 4.78 is 39.5. The maximum absolute atomic E-state index is 12.8. The molecule has 2 aromatic rings. The summed E-state index contributed by atoms with van der Waals surface area (Å²) in [5.74, 6) is 0. The first-order valence-corrected chi connectivity index (χ1v) is 4.51. The third kappa shape index (κ3) is 1.91. The molecule has 1 aromatic heterocycles. The van der Waals surface area contributed by atoms with Crippen LogP contribution < -0.4 is 0 Å². The fourth-order valence-corrected chi connectivity index (χ4v) is 1.43. The van der Waals surface area contributed by atoms with Crippen LogP contribution in [-0.2, 0) is 6.18 Å². The zero-order valence-corrected chi connectivity index (χ0v) is 8.36. The molecule has 84 valence electrons. The minimum absolute atomic E-state index is 0.0306. The molecule has 0 spiro atoms. The quantitative estimate of drug-likeness (QED) is 0.749. The van der Waals surface area contributed by atoms with Gasteiger partial charge in [-0.15, -0.1) is 10.2 Å². The number of hydrogen-bond donors (Lipinski definition) is 0. The second-order valence-corrected chi connectivity index (χ2v) is 3.39. The van der Waals surface area contributed by atoms with Crippen LogP contribution in [0.3, 0.4) is 0 Å². The van der Waals surface area contributed by atoms with Crippen LogP contribution in [0.1, 0.15) is 11.1 Å². The molecule has 0 aliphatic heterocycles. The first-order valence-electron chi connectivity index (χ1n) is 4.51. The number of alkyl halides is 3. The summed E-state index contributed by atoms with van der Waals surface area (Å²) in [7, 11) is 0. The molecule has 0 amide bonds. The Labute approximate surface area is 89.5 Å². The van der Waals surface area contributed by atoms with Crippen molar-refractivity contribution in [2.24, 2.45) is 0 Å². The number of hydrogen-bond acceptors (Lipinski definition) is 2. The average molecular weight is 227 g/mol. The predicted molar refractivity (Wildman–Crippen MR) is 51.1 cm³/mol. The minimum atomic E-state index is -4.38. The van der Waals surface area contributed by atoms with Crippen LogP contribution in [-0.4, -0.2) is 14.8 Å². The van der Waals surface area contributed by atoms with E-state index in [0.29, 0.717) is 5.56 Å². The fraction of sp³-hybridized carbons (Fsp3) is 0.200. The number of aryl methyl sites for hydroxylation is 1. The molecule has 0 N–H and O–H groups in total. The Morgan fingerprint density at radius 2 is 1.75 bits per heavy atom. The first kappa shape index (κ1) is 10.7. The summed E-state index contributed by atoms with van der Waals surface area (Å²) >= 11 is 0. The summed E-state index contributed by atoms with van der Waals surface area (Å²) in [4.78, 5) is 0. The molecule has 6 heteroatoms. The lowest BCUT2D eigenvalue weighted by molar-refractivity contribution is -0.137. The zero-order valence-electron chi connectivity index (χ0n) is 8.36. The summed E-state index contributed by atoms with van der Waals surface area (Å²) in [5, 5.41) is 6.98. The molecular weight excluding hydrogens is 219 g/mol. The highest BCUT2D eigenvalue weighted by molar-refractivity contribution is 5.44. The van der Waals surface area contributed by atoms with Gasteiger partial charge in [0.25, 0.3) is 0 Å². The lowest BCUT2D eigenvalue weighted by atomic mass is 10.1. The Kier molecular flexibility index (Phi) is 2.41. The van der Waals surface area contributed by atoms with Crippen LogP contribution >= 0.6 is 0 Å². The van der Waals surface area contributed by atoms with Gasteiger partial charge in [-0.25, -0.2) is 0 Å². The molecule has 0 saturated carbocycles. The molecule has 0 aliphatic carbocycles. The summed E-state index contributed by atoms with van der Waals surface area (Å²) in [6.07, 6.45) is -1.91. The van der Waals surface area contributed by atoms with Gasteiger partial charge in [-0.05, 0) is 19.1 Å². The molecule has 2 rings (SSSR count). The maximum Gasteiger partial charge on any atom is 0.418 e. The molecule has 3 nitrogen and oxygen atoms in total. The Hall–Kier alpha value is -1.85. The SMILES string of the molecule is Cc1ccc(-n2cnnc2)c(C(F)(F)F)c1. The molecule has 0 atom stereocenters. The monoisotopic (exact) mass is 227 g/mol. The summed E-state index contributed by atoms with van der Waals surface area (Å²) in [6.45, 7) is 1.62. The molecular formula is C10H8F3N3. The van der Waals surface area contributed by atoms with Gasteiger partial charge in [0.1, 0.15) is 12.7 Å². The number of nitrogens with zero attached hydrogens (tertiary/aromatic N) is 3. The smallest absolute Gasteiger partial charge is 0.288 e. The molecule has 0 aliphatic rings. The Bertz CT molecular complexity index is 489. The van der Waals surface area contributed by atoms with E-state index in [1.807, 2.05) is 0 Å². The highest BCUT2D eigenvalue weighted by Crippen LogP contribution is 2.34. The van der Waals surface area contributed by atoms with E-state index in [9.17, 15) is 13.2 Å². The fourth-order valence-electron chi connectivity index (χ4n) is 1.43. The van der Waals surface area contributed by atoms with Crippen molar-refractivity contribution in [3.05, 3.63) is 42.0 Å². The zero-order chi connectivity index (χ0) is 11.8. The van der Waals surface area contributed by atoms with E-state index in [2.05, 4.69) is 10.2 Å². The van der Waals surface area contributed by atoms with Gasteiger partial charge < -0.3 is 0 Å². The molecule has 0 radical (unpaired) electrons. The topological polar surface area (TPSA) is 30.7 Å². The van der Waals surface area contributed by atoms with Crippen LogP contribution in [0.2, 0.25) is 0 Å². The van der Waals surface area contributed by atoms with E-state index in [4.69, 9.17) is 0 Å². The van der Waals surface area contributed by atoms with Crippen molar-refractivity contribution in [1.82, 2.24) is 14.8 Å². The van der Waals surface area contributed by atoms with Crippen LogP contribution in [0, 0.1) is 6.92 Å².